The molecule has 0 bridgehead atoms. The van der Waals surface area contributed by atoms with Crippen LogP contribution in [0.3, 0.4) is 0 Å². The first-order valence-electron chi connectivity index (χ1n) is 7.74. The number of rotatable bonds is 4. The number of hydrogen-bond donors (Lipinski definition) is 2. The number of H-pyrrole nitrogens is 1. The third-order valence-corrected chi connectivity index (χ3v) is 5.26. The van der Waals surface area contributed by atoms with Crippen molar-refractivity contribution >= 4 is 39.4 Å². The van der Waals surface area contributed by atoms with Gasteiger partial charge in [0.05, 0.1) is 10.9 Å². The molecule has 0 spiro atoms. The molecule has 3 rings (SSSR count). The number of nitrogens with zero attached hydrogens (tertiary/aromatic N) is 2. The Kier molecular flexibility index (Phi) is 5.35. The van der Waals surface area contributed by atoms with Crippen molar-refractivity contribution < 1.29 is 4.79 Å². The molecule has 0 saturated heterocycles. The first kappa shape index (κ1) is 17.2. The Morgan fingerprint density at radius 1 is 1.38 bits per heavy atom. The molecule has 0 unspecified atom stereocenters. The molecule has 0 saturated carbocycles. The van der Waals surface area contributed by atoms with Crippen molar-refractivity contribution in [1.82, 2.24) is 15.0 Å². The maximum absolute atomic E-state index is 12.3. The molecule has 0 aromatic carbocycles. The summed E-state index contributed by atoms with van der Waals surface area (Å²) in [6.45, 7) is 1.78. The zero-order valence-electron chi connectivity index (χ0n) is 13.1. The fraction of sp³-hybridized carbons (Fsp3) is 0.375. The van der Waals surface area contributed by atoms with Gasteiger partial charge in [-0.15, -0.1) is 0 Å². The highest BCUT2D eigenvalue weighted by atomic mass is 79.9. The van der Waals surface area contributed by atoms with Gasteiger partial charge in [-0.2, -0.15) is 0 Å². The van der Waals surface area contributed by atoms with Crippen molar-refractivity contribution in [2.24, 2.45) is 0 Å². The van der Waals surface area contributed by atoms with Crippen LogP contribution >= 0.6 is 27.7 Å². The van der Waals surface area contributed by atoms with Crippen LogP contribution in [0.25, 0.3) is 0 Å². The molecule has 2 aromatic rings. The molecule has 1 aliphatic carbocycles. The molecular formula is C16H17BrN4O2S. The molecule has 0 radical (unpaired) electrons. The highest BCUT2D eigenvalue weighted by Crippen LogP contribution is 2.23. The van der Waals surface area contributed by atoms with Gasteiger partial charge in [0.1, 0.15) is 5.82 Å². The van der Waals surface area contributed by atoms with E-state index in [1.54, 1.807) is 19.2 Å². The summed E-state index contributed by atoms with van der Waals surface area (Å²) in [4.78, 5) is 35.8. The van der Waals surface area contributed by atoms with Crippen molar-refractivity contribution in [2.75, 3.05) is 5.32 Å². The summed E-state index contributed by atoms with van der Waals surface area (Å²) in [7, 11) is 0. The molecule has 1 atom stereocenters. The zero-order valence-corrected chi connectivity index (χ0v) is 15.5. The summed E-state index contributed by atoms with van der Waals surface area (Å²) in [5.41, 5.74) is 1.58. The number of aryl methyl sites for hydroxylation is 1. The number of halogens is 1. The molecule has 0 aliphatic heterocycles. The van der Waals surface area contributed by atoms with Crippen LogP contribution in [0.1, 0.15) is 31.0 Å². The van der Waals surface area contributed by atoms with E-state index in [9.17, 15) is 9.59 Å². The fourth-order valence-electron chi connectivity index (χ4n) is 2.53. The molecule has 0 fully saturated rings. The summed E-state index contributed by atoms with van der Waals surface area (Å²) in [5, 5.41) is 2.84. The van der Waals surface area contributed by atoms with E-state index in [-0.39, 0.29) is 11.5 Å². The summed E-state index contributed by atoms with van der Waals surface area (Å²) in [6, 6.07) is 3.53. The molecule has 1 aliphatic rings. The number of carbonyl (C=O) groups excluding carboxylic acids is 1. The maximum Gasteiger partial charge on any atom is 0.254 e. The SMILES string of the molecule is C[C@@H](Sc1nc2c(c(=O)[nH]1)CCCC2)C(=O)Nc1ccc(Br)cn1. The van der Waals surface area contributed by atoms with Crippen LogP contribution in [0.15, 0.2) is 32.8 Å². The Morgan fingerprint density at radius 2 is 2.17 bits per heavy atom. The number of aromatic nitrogens is 3. The topological polar surface area (TPSA) is 87.7 Å². The van der Waals surface area contributed by atoms with Crippen molar-refractivity contribution in [1.29, 1.82) is 0 Å². The van der Waals surface area contributed by atoms with Crippen LogP contribution < -0.4 is 10.9 Å². The third-order valence-electron chi connectivity index (χ3n) is 3.81. The van der Waals surface area contributed by atoms with Crippen LogP contribution in [0.2, 0.25) is 0 Å². The minimum Gasteiger partial charge on any atom is -0.310 e. The third kappa shape index (κ3) is 4.05. The van der Waals surface area contributed by atoms with Gasteiger partial charge in [0.25, 0.3) is 5.56 Å². The Balaban J connectivity index is 1.69. The van der Waals surface area contributed by atoms with Gasteiger partial charge < -0.3 is 10.3 Å². The molecule has 6 nitrogen and oxygen atoms in total. The van der Waals surface area contributed by atoms with E-state index in [1.165, 1.54) is 11.8 Å². The minimum atomic E-state index is -0.403. The first-order valence-corrected chi connectivity index (χ1v) is 9.41. The largest absolute Gasteiger partial charge is 0.310 e. The van der Waals surface area contributed by atoms with Gasteiger partial charge in [-0.3, -0.25) is 9.59 Å². The van der Waals surface area contributed by atoms with Crippen LogP contribution in [-0.4, -0.2) is 26.1 Å². The fourth-order valence-corrected chi connectivity index (χ4v) is 3.58. The summed E-state index contributed by atoms with van der Waals surface area (Å²) >= 11 is 4.55. The monoisotopic (exact) mass is 408 g/mol. The number of amides is 1. The van der Waals surface area contributed by atoms with Crippen LogP contribution in [0, 0.1) is 0 Å². The van der Waals surface area contributed by atoms with E-state index >= 15 is 0 Å². The Morgan fingerprint density at radius 3 is 2.92 bits per heavy atom. The Hall–Kier alpha value is -1.67. The number of aromatic amines is 1. The van der Waals surface area contributed by atoms with Crippen molar-refractivity contribution in [3.63, 3.8) is 0 Å². The Labute approximate surface area is 152 Å². The molecule has 2 heterocycles. The average molecular weight is 409 g/mol. The highest BCUT2D eigenvalue weighted by Gasteiger charge is 2.20. The standard InChI is InChI=1S/C16H17BrN4O2S/c1-9(14(22)20-13-7-6-10(17)8-18-13)24-16-19-12-5-3-2-4-11(12)15(23)21-16/h6-9H,2-5H2,1H3,(H,18,20,22)(H,19,21,23)/t9-/m1/s1. The summed E-state index contributed by atoms with van der Waals surface area (Å²) < 4.78 is 0.846. The normalized spacial score (nSPS) is 14.8. The molecule has 24 heavy (non-hydrogen) atoms. The second kappa shape index (κ2) is 7.48. The second-order valence-electron chi connectivity index (χ2n) is 5.61. The van der Waals surface area contributed by atoms with Crippen LogP contribution in [-0.2, 0) is 17.6 Å². The zero-order chi connectivity index (χ0) is 17.1. The number of thioether (sulfide) groups is 1. The molecular weight excluding hydrogens is 392 g/mol. The summed E-state index contributed by atoms with van der Waals surface area (Å²) in [5.74, 6) is 0.303. The van der Waals surface area contributed by atoms with Gasteiger partial charge in [-0.1, -0.05) is 11.8 Å². The highest BCUT2D eigenvalue weighted by molar-refractivity contribution is 9.10. The first-order chi connectivity index (χ1) is 11.5. The molecule has 126 valence electrons. The van der Waals surface area contributed by atoms with E-state index in [2.05, 4.69) is 36.2 Å². The van der Waals surface area contributed by atoms with Gasteiger partial charge in [0, 0.05) is 16.2 Å². The number of carbonyl (C=O) groups is 1. The quantitative estimate of drug-likeness (QED) is 0.599. The van der Waals surface area contributed by atoms with E-state index in [1.807, 2.05) is 6.07 Å². The van der Waals surface area contributed by atoms with Gasteiger partial charge in [-0.05, 0) is 60.7 Å². The lowest BCUT2D eigenvalue weighted by molar-refractivity contribution is -0.115. The number of hydrogen-bond acceptors (Lipinski definition) is 5. The van der Waals surface area contributed by atoms with Gasteiger partial charge in [0.2, 0.25) is 5.91 Å². The second-order valence-corrected chi connectivity index (χ2v) is 7.86. The van der Waals surface area contributed by atoms with Crippen molar-refractivity contribution in [3.05, 3.63) is 44.4 Å². The smallest absolute Gasteiger partial charge is 0.254 e. The van der Waals surface area contributed by atoms with Gasteiger partial charge in [0.15, 0.2) is 5.16 Å². The van der Waals surface area contributed by atoms with Crippen molar-refractivity contribution in [2.45, 2.75) is 43.0 Å². The lowest BCUT2D eigenvalue weighted by Crippen LogP contribution is -2.25. The van der Waals surface area contributed by atoms with Gasteiger partial charge >= 0.3 is 0 Å². The molecule has 1 amide bonds. The maximum atomic E-state index is 12.3. The predicted molar refractivity (Wildman–Crippen MR) is 97.4 cm³/mol. The molecule has 2 N–H and O–H groups in total. The van der Waals surface area contributed by atoms with Crippen LogP contribution in [0.4, 0.5) is 5.82 Å². The van der Waals surface area contributed by atoms with Crippen molar-refractivity contribution in [3.8, 4) is 0 Å². The minimum absolute atomic E-state index is 0.0793. The number of nitrogens with one attached hydrogen (secondary N) is 2. The number of fused-ring (bicyclic) bond motifs is 1. The Bertz CT molecular complexity index is 807. The van der Waals surface area contributed by atoms with E-state index in [4.69, 9.17) is 0 Å². The summed E-state index contributed by atoms with van der Waals surface area (Å²) in [6.07, 6.45) is 5.32. The van der Waals surface area contributed by atoms with Gasteiger partial charge in [-0.25, -0.2) is 9.97 Å². The molecule has 2 aromatic heterocycles. The lowest BCUT2D eigenvalue weighted by Gasteiger charge is -2.15. The number of pyridine rings is 1. The number of anilines is 1. The average Bonchev–Trinajstić information content (AvgIpc) is 2.57. The predicted octanol–water partition coefficient (Wildman–Crippen LogP) is 2.93. The van der Waals surface area contributed by atoms with E-state index in [0.29, 0.717) is 11.0 Å². The van der Waals surface area contributed by atoms with E-state index in [0.717, 1.165) is 41.4 Å². The lowest BCUT2D eigenvalue weighted by atomic mass is 9.97. The van der Waals surface area contributed by atoms with E-state index < -0.39 is 5.25 Å². The molecule has 8 heteroatoms. The van der Waals surface area contributed by atoms with Crippen LogP contribution in [0.5, 0.6) is 0 Å².